The topological polar surface area (TPSA) is 87.1 Å². The highest BCUT2D eigenvalue weighted by molar-refractivity contribution is 5.78. The maximum absolute atomic E-state index is 11.8. The number of hydrogen-bond acceptors (Lipinski definition) is 4. The molecule has 0 aliphatic carbocycles. The molecular weight excluding hydrogens is 244 g/mol. The van der Waals surface area contributed by atoms with Crippen LogP contribution in [-0.2, 0) is 9.53 Å². The Balaban J connectivity index is 2.70. The lowest BCUT2D eigenvalue weighted by atomic mass is 10.0. The van der Waals surface area contributed by atoms with Gasteiger partial charge in [-0.05, 0) is 36.5 Å². The second-order valence-electron chi connectivity index (χ2n) is 4.07. The van der Waals surface area contributed by atoms with Crippen LogP contribution in [0.5, 0.6) is 0 Å². The first-order valence-electron chi connectivity index (χ1n) is 6.08. The predicted molar refractivity (Wildman–Crippen MR) is 72.6 cm³/mol. The fourth-order valence-corrected chi connectivity index (χ4v) is 1.79. The molecule has 0 spiro atoms. The highest BCUT2D eigenvalue weighted by Gasteiger charge is 2.21. The number of carbonyl (C=O) groups excluding carboxylic acids is 1. The van der Waals surface area contributed by atoms with Gasteiger partial charge in [-0.1, -0.05) is 29.4 Å². The van der Waals surface area contributed by atoms with Crippen molar-refractivity contribution >= 4 is 5.97 Å². The number of aryl methyl sites for hydroxylation is 1. The highest BCUT2D eigenvalue weighted by Crippen LogP contribution is 2.18. The van der Waals surface area contributed by atoms with Gasteiger partial charge in [0.1, 0.15) is 6.04 Å². The maximum atomic E-state index is 11.8. The molecule has 19 heavy (non-hydrogen) atoms. The molecule has 0 aliphatic rings. The average molecular weight is 262 g/mol. The molecule has 102 valence electrons. The zero-order valence-corrected chi connectivity index (χ0v) is 11.2. The van der Waals surface area contributed by atoms with Crippen molar-refractivity contribution in [1.29, 1.82) is 0 Å². The van der Waals surface area contributed by atoms with Gasteiger partial charge in [0.15, 0.2) is 0 Å². The molecule has 0 aromatic heterocycles. The molecule has 6 heteroatoms. The van der Waals surface area contributed by atoms with Gasteiger partial charge < -0.3 is 10.1 Å². The summed E-state index contributed by atoms with van der Waals surface area (Å²) in [7, 11) is 1.37. The smallest absolute Gasteiger partial charge is 0.327 e. The normalized spacial score (nSPS) is 11.5. The van der Waals surface area contributed by atoms with Crippen LogP contribution in [0.25, 0.3) is 10.4 Å². The van der Waals surface area contributed by atoms with Crippen molar-refractivity contribution in [3.05, 3.63) is 45.8 Å². The van der Waals surface area contributed by atoms with Crippen LogP contribution in [0, 0.1) is 6.92 Å². The van der Waals surface area contributed by atoms with Crippen LogP contribution in [0.2, 0.25) is 0 Å². The highest BCUT2D eigenvalue weighted by atomic mass is 16.5. The lowest BCUT2D eigenvalue weighted by Crippen LogP contribution is -2.31. The summed E-state index contributed by atoms with van der Waals surface area (Å²) >= 11 is 0. The van der Waals surface area contributed by atoms with Crippen LogP contribution < -0.4 is 5.32 Å². The Kier molecular flexibility index (Phi) is 6.43. The van der Waals surface area contributed by atoms with Crippen LogP contribution in [0.1, 0.15) is 23.6 Å². The third-order valence-electron chi connectivity index (χ3n) is 2.78. The summed E-state index contributed by atoms with van der Waals surface area (Å²) in [6, 6.07) is 7.18. The molecule has 1 aromatic carbocycles. The van der Waals surface area contributed by atoms with E-state index in [2.05, 4.69) is 15.3 Å². The number of nitrogens with one attached hydrogen (secondary N) is 1. The molecule has 0 amide bonds. The van der Waals surface area contributed by atoms with E-state index in [0.717, 1.165) is 11.1 Å². The first-order valence-corrected chi connectivity index (χ1v) is 6.08. The molecule has 0 radical (unpaired) electrons. The van der Waals surface area contributed by atoms with E-state index >= 15 is 0 Å². The lowest BCUT2D eigenvalue weighted by molar-refractivity contribution is -0.143. The first-order chi connectivity index (χ1) is 9.20. The van der Waals surface area contributed by atoms with Crippen molar-refractivity contribution in [2.24, 2.45) is 5.11 Å². The molecule has 1 N–H and O–H groups in total. The van der Waals surface area contributed by atoms with E-state index in [-0.39, 0.29) is 5.97 Å². The summed E-state index contributed by atoms with van der Waals surface area (Å²) in [6.45, 7) is 2.94. The van der Waals surface area contributed by atoms with Gasteiger partial charge in [0.25, 0.3) is 0 Å². The van der Waals surface area contributed by atoms with Gasteiger partial charge in [-0.2, -0.15) is 0 Å². The number of rotatable bonds is 7. The lowest BCUT2D eigenvalue weighted by Gasteiger charge is -2.18. The maximum Gasteiger partial charge on any atom is 0.327 e. The Bertz CT molecular complexity index is 469. The molecule has 1 rings (SSSR count). The van der Waals surface area contributed by atoms with Crippen molar-refractivity contribution in [2.75, 3.05) is 20.2 Å². The van der Waals surface area contributed by atoms with E-state index in [4.69, 9.17) is 10.3 Å². The van der Waals surface area contributed by atoms with Crippen LogP contribution in [0.3, 0.4) is 0 Å². The molecule has 0 fully saturated rings. The third-order valence-corrected chi connectivity index (χ3v) is 2.78. The molecule has 6 nitrogen and oxygen atoms in total. The van der Waals surface area contributed by atoms with Crippen molar-refractivity contribution < 1.29 is 9.53 Å². The third kappa shape index (κ3) is 4.62. The minimum Gasteiger partial charge on any atom is -0.468 e. The van der Waals surface area contributed by atoms with Gasteiger partial charge in [-0.3, -0.25) is 0 Å². The number of esters is 1. The number of hydrogen-bond donors (Lipinski definition) is 1. The van der Waals surface area contributed by atoms with E-state index < -0.39 is 6.04 Å². The largest absolute Gasteiger partial charge is 0.468 e. The molecule has 0 bridgehead atoms. The molecule has 1 atom stereocenters. The molecular formula is C13H18N4O2. The van der Waals surface area contributed by atoms with Crippen LogP contribution in [0.4, 0.5) is 0 Å². The summed E-state index contributed by atoms with van der Waals surface area (Å²) < 4.78 is 4.82. The molecule has 0 saturated carbocycles. The minimum absolute atomic E-state index is 0.321. The van der Waals surface area contributed by atoms with Crippen molar-refractivity contribution in [2.45, 2.75) is 19.4 Å². The van der Waals surface area contributed by atoms with Gasteiger partial charge in [-0.25, -0.2) is 4.79 Å². The minimum atomic E-state index is -0.489. The van der Waals surface area contributed by atoms with Crippen LogP contribution in [-0.4, -0.2) is 26.2 Å². The van der Waals surface area contributed by atoms with Gasteiger partial charge in [0.05, 0.1) is 7.11 Å². The summed E-state index contributed by atoms with van der Waals surface area (Å²) in [4.78, 5) is 14.5. The Hall–Kier alpha value is -2.04. The van der Waals surface area contributed by atoms with Crippen molar-refractivity contribution in [1.82, 2.24) is 5.32 Å². The SMILES string of the molecule is COC(=O)C(NCCCN=[N+]=[N-])c1ccccc1C. The number of azide groups is 1. The molecule has 1 unspecified atom stereocenters. The zero-order valence-electron chi connectivity index (χ0n) is 11.2. The van der Waals surface area contributed by atoms with Crippen molar-refractivity contribution in [3.63, 3.8) is 0 Å². The Labute approximate surface area is 112 Å². The quantitative estimate of drug-likeness (QED) is 0.269. The second kappa shape index (κ2) is 8.13. The standard InChI is InChI=1S/C13H18N4O2/c1-10-6-3-4-7-11(10)12(13(18)19-2)15-8-5-9-16-17-14/h3-4,6-7,12,15H,5,8-9H2,1-2H3. The van der Waals surface area contributed by atoms with Gasteiger partial charge >= 0.3 is 5.97 Å². The summed E-state index contributed by atoms with van der Waals surface area (Å²) in [5.41, 5.74) is 10.1. The fraction of sp³-hybridized carbons (Fsp3) is 0.462. The first kappa shape index (κ1) is 15.0. The molecule has 0 saturated heterocycles. The monoisotopic (exact) mass is 262 g/mol. The molecule has 0 heterocycles. The molecule has 0 aliphatic heterocycles. The van der Waals surface area contributed by atoms with Gasteiger partial charge in [0, 0.05) is 11.5 Å². The van der Waals surface area contributed by atoms with E-state index in [1.807, 2.05) is 31.2 Å². The van der Waals surface area contributed by atoms with E-state index in [1.54, 1.807) is 0 Å². The predicted octanol–water partition coefficient (Wildman–Crippen LogP) is 2.50. The zero-order chi connectivity index (χ0) is 14.1. The summed E-state index contributed by atoms with van der Waals surface area (Å²) in [6.07, 6.45) is 0.670. The van der Waals surface area contributed by atoms with Gasteiger partial charge in [0.2, 0.25) is 0 Å². The summed E-state index contributed by atoms with van der Waals surface area (Å²) in [5.74, 6) is -0.321. The summed E-state index contributed by atoms with van der Waals surface area (Å²) in [5, 5.41) is 6.58. The number of carbonyl (C=O) groups is 1. The van der Waals surface area contributed by atoms with Crippen LogP contribution >= 0.6 is 0 Å². The second-order valence-corrected chi connectivity index (χ2v) is 4.07. The number of ether oxygens (including phenoxy) is 1. The average Bonchev–Trinajstić information content (AvgIpc) is 2.43. The van der Waals surface area contributed by atoms with Crippen LogP contribution in [0.15, 0.2) is 29.4 Å². The fourth-order valence-electron chi connectivity index (χ4n) is 1.79. The number of nitrogens with zero attached hydrogens (tertiary/aromatic N) is 3. The Morgan fingerprint density at radius 2 is 2.26 bits per heavy atom. The van der Waals surface area contributed by atoms with E-state index in [9.17, 15) is 4.79 Å². The number of benzene rings is 1. The number of methoxy groups -OCH3 is 1. The van der Waals surface area contributed by atoms with E-state index in [1.165, 1.54) is 7.11 Å². The molecule has 1 aromatic rings. The van der Waals surface area contributed by atoms with Crippen molar-refractivity contribution in [3.8, 4) is 0 Å². The Morgan fingerprint density at radius 3 is 2.89 bits per heavy atom. The Morgan fingerprint density at radius 1 is 1.53 bits per heavy atom. The van der Waals surface area contributed by atoms with Gasteiger partial charge in [-0.15, -0.1) is 0 Å². The van der Waals surface area contributed by atoms with E-state index in [0.29, 0.717) is 19.5 Å².